The SMILES string of the molecule is COBNc1ccccn1. The highest BCUT2D eigenvalue weighted by atomic mass is 16.4. The number of nitrogens with one attached hydrogen (secondary N) is 1. The van der Waals surface area contributed by atoms with Crippen LogP contribution in [0.4, 0.5) is 5.82 Å². The van der Waals surface area contributed by atoms with Crippen molar-refractivity contribution in [1.29, 1.82) is 0 Å². The van der Waals surface area contributed by atoms with Crippen LogP contribution in [0.15, 0.2) is 24.4 Å². The third-order valence-corrected chi connectivity index (χ3v) is 1.06. The Bertz CT molecular complexity index is 180. The van der Waals surface area contributed by atoms with Crippen molar-refractivity contribution in [2.45, 2.75) is 0 Å². The maximum atomic E-state index is 4.79. The van der Waals surface area contributed by atoms with Gasteiger partial charge in [0, 0.05) is 13.3 Å². The second-order valence-electron chi connectivity index (χ2n) is 1.82. The number of hydrogen-bond acceptors (Lipinski definition) is 3. The predicted molar refractivity (Wildman–Crippen MR) is 42.0 cm³/mol. The molecule has 1 aromatic heterocycles. The van der Waals surface area contributed by atoms with Crippen molar-refractivity contribution >= 4 is 13.4 Å². The van der Waals surface area contributed by atoms with E-state index >= 15 is 0 Å². The Hall–Kier alpha value is -1.03. The minimum atomic E-state index is 0.497. The Morgan fingerprint density at radius 3 is 3.10 bits per heavy atom. The molecule has 0 unspecified atom stereocenters. The Morgan fingerprint density at radius 1 is 1.60 bits per heavy atom. The maximum absolute atomic E-state index is 4.79. The zero-order valence-electron chi connectivity index (χ0n) is 5.87. The molecule has 1 rings (SSSR count). The van der Waals surface area contributed by atoms with E-state index in [-0.39, 0.29) is 0 Å². The molecule has 4 heteroatoms. The number of hydrogen-bond donors (Lipinski definition) is 1. The minimum absolute atomic E-state index is 0.497. The van der Waals surface area contributed by atoms with E-state index in [1.54, 1.807) is 13.3 Å². The highest BCUT2D eigenvalue weighted by molar-refractivity contribution is 6.32. The molecule has 1 aromatic rings. The van der Waals surface area contributed by atoms with Crippen molar-refractivity contribution < 1.29 is 4.65 Å². The first-order valence-corrected chi connectivity index (χ1v) is 3.07. The first kappa shape index (κ1) is 7.09. The summed E-state index contributed by atoms with van der Waals surface area (Å²) in [6, 6.07) is 5.68. The number of pyridine rings is 1. The number of aromatic nitrogens is 1. The summed E-state index contributed by atoms with van der Waals surface area (Å²) in [5.41, 5.74) is 0. The fourth-order valence-corrected chi connectivity index (χ4v) is 0.613. The van der Waals surface area contributed by atoms with Crippen LogP contribution >= 0.6 is 0 Å². The molecule has 0 radical (unpaired) electrons. The molecule has 0 atom stereocenters. The lowest BCUT2D eigenvalue weighted by Gasteiger charge is -1.99. The van der Waals surface area contributed by atoms with Gasteiger partial charge in [-0.15, -0.1) is 0 Å². The molecule has 10 heavy (non-hydrogen) atoms. The van der Waals surface area contributed by atoms with Crippen molar-refractivity contribution in [2.75, 3.05) is 12.3 Å². The van der Waals surface area contributed by atoms with Crippen molar-refractivity contribution in [3.05, 3.63) is 24.4 Å². The van der Waals surface area contributed by atoms with Gasteiger partial charge in [-0.1, -0.05) is 6.07 Å². The Labute approximate surface area is 60.7 Å². The molecule has 52 valence electrons. The zero-order chi connectivity index (χ0) is 7.23. The molecule has 0 saturated carbocycles. The van der Waals surface area contributed by atoms with E-state index < -0.39 is 0 Å². The molecule has 0 saturated heterocycles. The van der Waals surface area contributed by atoms with Gasteiger partial charge < -0.3 is 9.88 Å². The monoisotopic (exact) mass is 136 g/mol. The summed E-state index contributed by atoms with van der Waals surface area (Å²) in [6.45, 7) is 0. The first-order valence-electron chi connectivity index (χ1n) is 3.07. The van der Waals surface area contributed by atoms with Gasteiger partial charge in [0.05, 0.1) is 0 Å². The van der Waals surface area contributed by atoms with Crippen molar-refractivity contribution in [1.82, 2.24) is 4.98 Å². The molecule has 3 nitrogen and oxygen atoms in total. The van der Waals surface area contributed by atoms with Crippen LogP contribution in [0.1, 0.15) is 0 Å². The van der Waals surface area contributed by atoms with E-state index in [4.69, 9.17) is 4.65 Å². The van der Waals surface area contributed by atoms with Crippen LogP contribution in [-0.2, 0) is 4.65 Å². The predicted octanol–water partition coefficient (Wildman–Crippen LogP) is 0.406. The summed E-state index contributed by atoms with van der Waals surface area (Å²) in [4.78, 5) is 4.03. The molecule has 0 amide bonds. The number of rotatable bonds is 3. The van der Waals surface area contributed by atoms with E-state index in [9.17, 15) is 0 Å². The molecule has 0 fully saturated rings. The molecule has 0 aliphatic carbocycles. The summed E-state index contributed by atoms with van der Waals surface area (Å²) in [5.74, 6) is 0.837. The van der Waals surface area contributed by atoms with E-state index in [2.05, 4.69) is 10.2 Å². The smallest absolute Gasteiger partial charge is 0.395 e. The molecule has 0 aromatic carbocycles. The first-order chi connectivity index (χ1) is 4.93. The Morgan fingerprint density at radius 2 is 2.50 bits per heavy atom. The highest BCUT2D eigenvalue weighted by Gasteiger charge is 1.89. The van der Waals surface area contributed by atoms with Crippen LogP contribution in [-0.4, -0.2) is 19.7 Å². The average Bonchev–Trinajstić information content (AvgIpc) is 2.03. The van der Waals surface area contributed by atoms with Gasteiger partial charge in [0.15, 0.2) is 0 Å². The van der Waals surface area contributed by atoms with Crippen LogP contribution in [0, 0.1) is 0 Å². The third kappa shape index (κ3) is 2.07. The van der Waals surface area contributed by atoms with Crippen molar-refractivity contribution in [3.8, 4) is 0 Å². The van der Waals surface area contributed by atoms with Crippen molar-refractivity contribution in [2.24, 2.45) is 0 Å². The average molecular weight is 136 g/mol. The van der Waals surface area contributed by atoms with Gasteiger partial charge in [0.1, 0.15) is 5.82 Å². The van der Waals surface area contributed by atoms with E-state index in [1.165, 1.54) is 0 Å². The molecule has 0 aliphatic rings. The van der Waals surface area contributed by atoms with Gasteiger partial charge >= 0.3 is 7.62 Å². The second kappa shape index (κ2) is 3.90. The number of anilines is 1. The van der Waals surface area contributed by atoms with Crippen molar-refractivity contribution in [3.63, 3.8) is 0 Å². The lowest BCUT2D eigenvalue weighted by Crippen LogP contribution is -2.08. The normalized spacial score (nSPS) is 8.90. The van der Waals surface area contributed by atoms with E-state index in [0.29, 0.717) is 7.62 Å². The van der Waals surface area contributed by atoms with Crippen LogP contribution < -0.4 is 5.23 Å². The number of nitrogens with zero attached hydrogens (tertiary/aromatic N) is 1. The quantitative estimate of drug-likeness (QED) is 0.611. The zero-order valence-corrected chi connectivity index (χ0v) is 5.87. The van der Waals surface area contributed by atoms with Crippen LogP contribution in [0.2, 0.25) is 0 Å². The minimum Gasteiger partial charge on any atom is -0.422 e. The summed E-state index contributed by atoms with van der Waals surface area (Å²) >= 11 is 0. The summed E-state index contributed by atoms with van der Waals surface area (Å²) < 4.78 is 4.79. The Kier molecular flexibility index (Phi) is 2.76. The van der Waals surface area contributed by atoms with Gasteiger partial charge in [-0.25, -0.2) is 4.98 Å². The van der Waals surface area contributed by atoms with Crippen LogP contribution in [0.5, 0.6) is 0 Å². The fraction of sp³-hybridized carbons (Fsp3) is 0.167. The third-order valence-electron chi connectivity index (χ3n) is 1.06. The van der Waals surface area contributed by atoms with Crippen LogP contribution in [0.3, 0.4) is 0 Å². The molecule has 0 spiro atoms. The van der Waals surface area contributed by atoms with Gasteiger partial charge in [0.2, 0.25) is 0 Å². The Balaban J connectivity index is 2.43. The summed E-state index contributed by atoms with van der Waals surface area (Å²) in [5, 5.41) is 2.96. The standard InChI is InChI=1S/C6H9BN2O/c1-10-7-9-6-4-2-3-5-8-6/h2-5,7H,1H3,(H,8,9). The maximum Gasteiger partial charge on any atom is 0.395 e. The summed E-state index contributed by atoms with van der Waals surface area (Å²) in [6.07, 6.45) is 1.73. The fourth-order valence-electron chi connectivity index (χ4n) is 0.613. The van der Waals surface area contributed by atoms with Gasteiger partial charge in [-0.3, -0.25) is 0 Å². The highest BCUT2D eigenvalue weighted by Crippen LogP contribution is 1.96. The van der Waals surface area contributed by atoms with E-state index in [1.807, 2.05) is 18.2 Å². The second-order valence-corrected chi connectivity index (χ2v) is 1.82. The molecule has 1 N–H and O–H groups in total. The lowest BCUT2D eigenvalue weighted by atomic mass is 10.3. The topological polar surface area (TPSA) is 34.1 Å². The molecular formula is C6H9BN2O. The molecule has 0 aliphatic heterocycles. The van der Waals surface area contributed by atoms with Gasteiger partial charge in [0.25, 0.3) is 0 Å². The van der Waals surface area contributed by atoms with Crippen LogP contribution in [0.25, 0.3) is 0 Å². The summed E-state index contributed by atoms with van der Waals surface area (Å²) in [7, 11) is 2.13. The largest absolute Gasteiger partial charge is 0.422 e. The van der Waals surface area contributed by atoms with Gasteiger partial charge in [-0.05, 0) is 12.1 Å². The van der Waals surface area contributed by atoms with E-state index in [0.717, 1.165) is 5.82 Å². The molecular weight excluding hydrogens is 127 g/mol. The van der Waals surface area contributed by atoms with Gasteiger partial charge in [-0.2, -0.15) is 0 Å². The molecule has 0 bridgehead atoms. The lowest BCUT2D eigenvalue weighted by molar-refractivity contribution is 0.446. The molecule has 1 heterocycles.